The van der Waals surface area contributed by atoms with Crippen LogP contribution in [0.5, 0.6) is 0 Å². The maximum absolute atomic E-state index is 13.8. The van der Waals surface area contributed by atoms with Gasteiger partial charge in [0, 0.05) is 24.4 Å². The fourth-order valence-electron chi connectivity index (χ4n) is 5.75. The summed E-state index contributed by atoms with van der Waals surface area (Å²) in [5.74, 6) is -2.20. The van der Waals surface area contributed by atoms with Gasteiger partial charge in [-0.3, -0.25) is 24.7 Å². The molecule has 0 aliphatic heterocycles. The summed E-state index contributed by atoms with van der Waals surface area (Å²) >= 11 is 0. The maximum atomic E-state index is 13.8. The minimum atomic E-state index is -1.12. The Morgan fingerprint density at radius 2 is 1.29 bits per heavy atom. The van der Waals surface area contributed by atoms with Crippen molar-refractivity contribution in [3.8, 4) is 11.1 Å². The highest BCUT2D eigenvalue weighted by Crippen LogP contribution is 2.44. The minimum Gasteiger partial charge on any atom is -0.449 e. The largest absolute Gasteiger partial charge is 0.449 e. The Morgan fingerprint density at radius 1 is 0.708 bits per heavy atom. The van der Waals surface area contributed by atoms with Gasteiger partial charge in [0.25, 0.3) is 5.91 Å². The number of nitrogens with one attached hydrogen (secondary N) is 3. The fourth-order valence-corrected chi connectivity index (χ4v) is 5.75. The van der Waals surface area contributed by atoms with Crippen LogP contribution in [0.2, 0.25) is 0 Å². The van der Waals surface area contributed by atoms with E-state index in [0.717, 1.165) is 27.8 Å². The van der Waals surface area contributed by atoms with Gasteiger partial charge in [-0.2, -0.15) is 0 Å². The first kappa shape index (κ1) is 33.4. The monoisotopic (exact) mass is 646 g/mol. The van der Waals surface area contributed by atoms with E-state index in [0.29, 0.717) is 6.42 Å². The number of guanidine groups is 1. The Morgan fingerprint density at radius 3 is 1.92 bits per heavy atom. The number of amides is 4. The topological polar surface area (TPSA) is 178 Å². The third kappa shape index (κ3) is 8.64. The number of aliphatic imine (C=N–C) groups is 1. The zero-order chi connectivity index (χ0) is 33.9. The molecule has 0 unspecified atom stereocenters. The van der Waals surface area contributed by atoms with Crippen LogP contribution >= 0.6 is 0 Å². The second-order valence-corrected chi connectivity index (χ2v) is 11.4. The smallest absolute Gasteiger partial charge is 0.407 e. The van der Waals surface area contributed by atoms with E-state index in [1.54, 1.807) is 30.3 Å². The van der Waals surface area contributed by atoms with Gasteiger partial charge in [-0.25, -0.2) is 4.79 Å². The molecular formula is C37H38N6O5. The van der Waals surface area contributed by atoms with E-state index in [-0.39, 0.29) is 43.4 Å². The number of nitrogens with two attached hydrogens (primary N) is 2. The number of carbonyl (C=O) groups is 4. The first-order chi connectivity index (χ1) is 23.3. The van der Waals surface area contributed by atoms with Crippen LogP contribution in [0.4, 0.5) is 4.79 Å². The molecule has 4 amide bonds. The predicted molar refractivity (Wildman–Crippen MR) is 183 cm³/mol. The molecule has 1 aliphatic carbocycles. The first-order valence-corrected chi connectivity index (χ1v) is 15.7. The summed E-state index contributed by atoms with van der Waals surface area (Å²) < 4.78 is 5.72. The van der Waals surface area contributed by atoms with Crippen LogP contribution in [-0.4, -0.2) is 55.0 Å². The molecule has 0 aromatic heterocycles. The molecule has 48 heavy (non-hydrogen) atoms. The second-order valence-electron chi connectivity index (χ2n) is 11.4. The molecule has 0 fully saturated rings. The zero-order valence-corrected chi connectivity index (χ0v) is 26.3. The number of ether oxygens (including phenoxy) is 1. The number of imide groups is 1. The van der Waals surface area contributed by atoms with Crippen LogP contribution in [0.15, 0.2) is 114 Å². The van der Waals surface area contributed by atoms with E-state index in [9.17, 15) is 19.2 Å². The molecule has 11 heteroatoms. The molecule has 4 aromatic rings. The van der Waals surface area contributed by atoms with Gasteiger partial charge in [0.1, 0.15) is 18.7 Å². The van der Waals surface area contributed by atoms with Gasteiger partial charge in [-0.1, -0.05) is 97.1 Å². The average Bonchev–Trinajstić information content (AvgIpc) is 3.42. The van der Waals surface area contributed by atoms with Gasteiger partial charge in [-0.05, 0) is 52.8 Å². The Labute approximate surface area is 278 Å². The van der Waals surface area contributed by atoms with E-state index in [4.69, 9.17) is 16.2 Å². The molecule has 0 radical (unpaired) electrons. The summed E-state index contributed by atoms with van der Waals surface area (Å²) in [6.07, 6.45) is -0.193. The van der Waals surface area contributed by atoms with E-state index in [1.807, 2.05) is 78.9 Å². The van der Waals surface area contributed by atoms with Crippen LogP contribution in [0, 0.1) is 0 Å². The quantitative estimate of drug-likeness (QED) is 0.0836. The van der Waals surface area contributed by atoms with Crippen LogP contribution in [0.3, 0.4) is 0 Å². The SMILES string of the molecule is NC(N)=NCCC[C@H](NC(=O)[C@H](Cc1ccccc1)NC(=O)OCC1c2ccccc2-c2ccccc21)C(=O)NC(=O)c1ccccc1. The molecule has 0 heterocycles. The summed E-state index contributed by atoms with van der Waals surface area (Å²) in [5.41, 5.74) is 16.2. The van der Waals surface area contributed by atoms with Crippen molar-refractivity contribution in [3.63, 3.8) is 0 Å². The van der Waals surface area contributed by atoms with Crippen molar-refractivity contribution in [2.45, 2.75) is 37.3 Å². The standard InChI is InChI=1S/C37H38N6O5/c38-36(39)40-21-11-20-31(34(45)43-33(44)25-14-5-2-6-15-25)41-35(46)32(22-24-12-3-1-4-13-24)42-37(47)48-23-30-28-18-9-7-16-26(28)27-17-8-10-19-29(27)30/h1-10,12-19,30-32H,11,20-23H2,(H,41,46)(H,42,47)(H4,38,39,40)(H,43,44,45)/t31-,32-/m0/s1. The second kappa shape index (κ2) is 16.0. The molecule has 11 nitrogen and oxygen atoms in total. The maximum Gasteiger partial charge on any atom is 0.407 e. The molecule has 1 aliphatic rings. The molecule has 246 valence electrons. The van der Waals surface area contributed by atoms with Gasteiger partial charge >= 0.3 is 6.09 Å². The number of alkyl carbamates (subject to hydrolysis) is 1. The molecule has 5 rings (SSSR count). The predicted octanol–water partition coefficient (Wildman–Crippen LogP) is 3.63. The molecule has 0 bridgehead atoms. The number of hydrogen-bond acceptors (Lipinski definition) is 6. The Balaban J connectivity index is 1.29. The van der Waals surface area contributed by atoms with Gasteiger partial charge in [0.05, 0.1) is 0 Å². The van der Waals surface area contributed by atoms with Crippen LogP contribution in [-0.2, 0) is 20.7 Å². The van der Waals surface area contributed by atoms with Crippen molar-refractivity contribution in [2.24, 2.45) is 16.5 Å². The molecule has 7 N–H and O–H groups in total. The molecule has 0 saturated heterocycles. The molecular weight excluding hydrogens is 608 g/mol. The van der Waals surface area contributed by atoms with Gasteiger partial charge in [0.15, 0.2) is 5.96 Å². The number of rotatable bonds is 13. The van der Waals surface area contributed by atoms with Crippen molar-refractivity contribution in [2.75, 3.05) is 13.2 Å². The zero-order valence-electron chi connectivity index (χ0n) is 26.3. The lowest BCUT2D eigenvalue weighted by Crippen LogP contribution is -2.55. The van der Waals surface area contributed by atoms with E-state index >= 15 is 0 Å². The van der Waals surface area contributed by atoms with Crippen LogP contribution in [0.25, 0.3) is 11.1 Å². The lowest BCUT2D eigenvalue weighted by molar-refractivity contribution is -0.129. The van der Waals surface area contributed by atoms with E-state index < -0.39 is 35.9 Å². The van der Waals surface area contributed by atoms with E-state index in [1.165, 1.54) is 0 Å². The molecule has 2 atom stereocenters. The van der Waals surface area contributed by atoms with Crippen molar-refractivity contribution in [3.05, 3.63) is 131 Å². The van der Waals surface area contributed by atoms with Crippen LogP contribution < -0.4 is 27.4 Å². The fraction of sp³-hybridized carbons (Fsp3) is 0.216. The summed E-state index contributed by atoms with van der Waals surface area (Å²) in [6, 6.07) is 31.2. The first-order valence-electron chi connectivity index (χ1n) is 15.7. The van der Waals surface area contributed by atoms with Gasteiger partial charge < -0.3 is 26.8 Å². The number of benzene rings is 4. The number of hydrogen-bond donors (Lipinski definition) is 5. The van der Waals surface area contributed by atoms with Crippen molar-refractivity contribution in [1.29, 1.82) is 0 Å². The normalized spacial score (nSPS) is 12.8. The highest BCUT2D eigenvalue weighted by atomic mass is 16.5. The van der Waals surface area contributed by atoms with Gasteiger partial charge in [-0.15, -0.1) is 0 Å². The third-order valence-corrected chi connectivity index (χ3v) is 8.09. The number of fused-ring (bicyclic) bond motifs is 3. The average molecular weight is 647 g/mol. The lowest BCUT2D eigenvalue weighted by atomic mass is 9.98. The molecule has 4 aromatic carbocycles. The summed E-state index contributed by atoms with van der Waals surface area (Å²) in [7, 11) is 0. The highest BCUT2D eigenvalue weighted by Gasteiger charge is 2.31. The Kier molecular flexibility index (Phi) is 11.2. The van der Waals surface area contributed by atoms with Gasteiger partial charge in [0.2, 0.25) is 11.8 Å². The van der Waals surface area contributed by atoms with Crippen molar-refractivity contribution < 1.29 is 23.9 Å². The summed E-state index contributed by atoms with van der Waals surface area (Å²) in [6.45, 7) is 0.275. The number of carbonyl (C=O) groups excluding carboxylic acids is 4. The third-order valence-electron chi connectivity index (χ3n) is 8.09. The summed E-state index contributed by atoms with van der Waals surface area (Å²) in [4.78, 5) is 57.0. The summed E-state index contributed by atoms with van der Waals surface area (Å²) in [5, 5.41) is 7.79. The van der Waals surface area contributed by atoms with Crippen LogP contribution in [0.1, 0.15) is 45.8 Å². The van der Waals surface area contributed by atoms with Crippen molar-refractivity contribution in [1.82, 2.24) is 16.0 Å². The molecule has 0 saturated carbocycles. The Hall–Kier alpha value is -5.97. The minimum absolute atomic E-state index is 0.0664. The van der Waals surface area contributed by atoms with Crippen molar-refractivity contribution >= 4 is 29.8 Å². The molecule has 0 spiro atoms. The number of nitrogens with zero attached hydrogens (tertiary/aromatic N) is 1. The Bertz CT molecular complexity index is 1730. The highest BCUT2D eigenvalue weighted by molar-refractivity contribution is 6.06. The lowest BCUT2D eigenvalue weighted by Gasteiger charge is -2.23. The van der Waals surface area contributed by atoms with E-state index in [2.05, 4.69) is 20.9 Å².